The second-order valence-electron chi connectivity index (χ2n) is 4.23. The second kappa shape index (κ2) is 7.82. The fourth-order valence-electron chi connectivity index (χ4n) is 1.50. The molecule has 0 aliphatic rings. The van der Waals surface area contributed by atoms with E-state index in [0.29, 0.717) is 12.5 Å². The van der Waals surface area contributed by atoms with Crippen LogP contribution in [0.2, 0.25) is 0 Å². The van der Waals surface area contributed by atoms with Crippen molar-refractivity contribution in [2.24, 2.45) is 5.92 Å². The predicted octanol–water partition coefficient (Wildman–Crippen LogP) is 2.95. The molecule has 0 heterocycles. The zero-order valence-corrected chi connectivity index (χ0v) is 11.3. The van der Waals surface area contributed by atoms with Gasteiger partial charge in [-0.25, -0.2) is 0 Å². The molecule has 1 aromatic carbocycles. The van der Waals surface area contributed by atoms with Crippen molar-refractivity contribution in [3.05, 3.63) is 34.3 Å². The van der Waals surface area contributed by atoms with Crippen molar-refractivity contribution >= 4 is 15.9 Å². The van der Waals surface area contributed by atoms with E-state index in [0.717, 1.165) is 30.4 Å². The lowest BCUT2D eigenvalue weighted by atomic mass is 10.1. The van der Waals surface area contributed by atoms with Crippen molar-refractivity contribution < 1.29 is 5.11 Å². The topological polar surface area (TPSA) is 32.3 Å². The highest BCUT2D eigenvalue weighted by Crippen LogP contribution is 2.10. The van der Waals surface area contributed by atoms with Gasteiger partial charge < -0.3 is 10.4 Å². The van der Waals surface area contributed by atoms with Crippen molar-refractivity contribution in [2.75, 3.05) is 13.2 Å². The van der Waals surface area contributed by atoms with E-state index >= 15 is 0 Å². The van der Waals surface area contributed by atoms with Gasteiger partial charge >= 0.3 is 0 Å². The minimum atomic E-state index is 0.298. The maximum Gasteiger partial charge on any atom is 0.0456 e. The fourth-order valence-corrected chi connectivity index (χ4v) is 1.77. The summed E-state index contributed by atoms with van der Waals surface area (Å²) >= 11 is 3.42. The molecule has 0 saturated heterocycles. The number of nitrogens with one attached hydrogen (secondary N) is 1. The van der Waals surface area contributed by atoms with Gasteiger partial charge in [0.05, 0.1) is 0 Å². The lowest BCUT2D eigenvalue weighted by Crippen LogP contribution is -2.15. The van der Waals surface area contributed by atoms with E-state index in [1.165, 1.54) is 5.56 Å². The van der Waals surface area contributed by atoms with Crippen LogP contribution in [0.5, 0.6) is 0 Å². The molecule has 2 nitrogen and oxygen atoms in total. The Bertz CT molecular complexity index is 286. The smallest absolute Gasteiger partial charge is 0.0456 e. The molecule has 0 aliphatic heterocycles. The second-order valence-corrected chi connectivity index (χ2v) is 5.15. The Balaban J connectivity index is 2.09. The molecule has 1 atom stereocenters. The third kappa shape index (κ3) is 5.64. The summed E-state index contributed by atoms with van der Waals surface area (Å²) in [6.07, 6.45) is 2.21. The standard InChI is InChI=1S/C13H20BrNO/c1-11(10-16)3-2-8-15-9-12-4-6-13(14)7-5-12/h4-7,11,15-16H,2-3,8-10H2,1H3. The molecule has 0 amide bonds. The molecule has 0 aliphatic carbocycles. The largest absolute Gasteiger partial charge is 0.396 e. The van der Waals surface area contributed by atoms with Gasteiger partial charge in [0, 0.05) is 17.6 Å². The number of rotatable bonds is 7. The van der Waals surface area contributed by atoms with Crippen LogP contribution in [0, 0.1) is 5.92 Å². The quantitative estimate of drug-likeness (QED) is 0.755. The summed E-state index contributed by atoms with van der Waals surface area (Å²) in [6, 6.07) is 8.36. The highest BCUT2D eigenvalue weighted by molar-refractivity contribution is 9.10. The van der Waals surface area contributed by atoms with Crippen LogP contribution in [-0.2, 0) is 6.54 Å². The van der Waals surface area contributed by atoms with Crippen molar-refractivity contribution in [3.63, 3.8) is 0 Å². The minimum absolute atomic E-state index is 0.298. The Morgan fingerprint density at radius 3 is 2.62 bits per heavy atom. The molecule has 1 rings (SSSR count). The zero-order valence-electron chi connectivity index (χ0n) is 9.75. The molecule has 1 aromatic rings. The molecule has 2 N–H and O–H groups in total. The number of halogens is 1. The highest BCUT2D eigenvalue weighted by Gasteiger charge is 1.98. The summed E-state index contributed by atoms with van der Waals surface area (Å²) in [5, 5.41) is 12.3. The first kappa shape index (κ1) is 13.7. The van der Waals surface area contributed by atoms with Crippen LogP contribution in [0.1, 0.15) is 25.3 Å². The van der Waals surface area contributed by atoms with Gasteiger partial charge in [0.15, 0.2) is 0 Å². The monoisotopic (exact) mass is 285 g/mol. The molecule has 16 heavy (non-hydrogen) atoms. The first-order valence-corrected chi connectivity index (χ1v) is 6.57. The fraction of sp³-hybridized carbons (Fsp3) is 0.538. The normalized spacial score (nSPS) is 12.7. The van der Waals surface area contributed by atoms with Crippen LogP contribution in [0.3, 0.4) is 0 Å². The lowest BCUT2D eigenvalue weighted by Gasteiger charge is -2.08. The van der Waals surface area contributed by atoms with E-state index in [1.54, 1.807) is 0 Å². The molecule has 0 bridgehead atoms. The maximum absolute atomic E-state index is 8.87. The number of hydrogen-bond acceptors (Lipinski definition) is 2. The summed E-state index contributed by atoms with van der Waals surface area (Å²) in [5.74, 6) is 0.425. The van der Waals surface area contributed by atoms with Crippen molar-refractivity contribution in [2.45, 2.75) is 26.3 Å². The highest BCUT2D eigenvalue weighted by atomic mass is 79.9. The van der Waals surface area contributed by atoms with Crippen LogP contribution in [-0.4, -0.2) is 18.3 Å². The molecule has 0 spiro atoms. The van der Waals surface area contributed by atoms with E-state index < -0.39 is 0 Å². The minimum Gasteiger partial charge on any atom is -0.396 e. The van der Waals surface area contributed by atoms with Crippen molar-refractivity contribution in [3.8, 4) is 0 Å². The predicted molar refractivity (Wildman–Crippen MR) is 71.3 cm³/mol. The number of hydrogen-bond donors (Lipinski definition) is 2. The molecule has 90 valence electrons. The van der Waals surface area contributed by atoms with Gasteiger partial charge in [-0.15, -0.1) is 0 Å². The van der Waals surface area contributed by atoms with Crippen LogP contribution in [0.25, 0.3) is 0 Å². The summed E-state index contributed by atoms with van der Waals surface area (Å²) in [5.41, 5.74) is 1.30. The van der Waals surface area contributed by atoms with E-state index in [1.807, 2.05) is 0 Å². The number of aliphatic hydroxyl groups excluding tert-OH is 1. The third-order valence-electron chi connectivity index (χ3n) is 2.60. The summed E-state index contributed by atoms with van der Waals surface area (Å²) in [4.78, 5) is 0. The van der Waals surface area contributed by atoms with Crippen LogP contribution >= 0.6 is 15.9 Å². The van der Waals surface area contributed by atoms with Gasteiger partial charge in [0.1, 0.15) is 0 Å². The summed E-state index contributed by atoms with van der Waals surface area (Å²) < 4.78 is 1.12. The Morgan fingerprint density at radius 1 is 1.31 bits per heavy atom. The number of benzene rings is 1. The van der Waals surface area contributed by atoms with Crippen molar-refractivity contribution in [1.29, 1.82) is 0 Å². The third-order valence-corrected chi connectivity index (χ3v) is 3.13. The van der Waals surface area contributed by atoms with Crippen LogP contribution in [0.4, 0.5) is 0 Å². The molecular formula is C13H20BrNO. The van der Waals surface area contributed by atoms with Gasteiger partial charge in [-0.3, -0.25) is 0 Å². The van der Waals surface area contributed by atoms with E-state index in [4.69, 9.17) is 5.11 Å². The Kier molecular flexibility index (Phi) is 6.69. The average Bonchev–Trinajstić information content (AvgIpc) is 2.31. The maximum atomic E-state index is 8.87. The molecule has 0 fully saturated rings. The van der Waals surface area contributed by atoms with Gasteiger partial charge in [0.25, 0.3) is 0 Å². The molecule has 1 unspecified atom stereocenters. The first-order chi connectivity index (χ1) is 7.72. The van der Waals surface area contributed by atoms with Gasteiger partial charge in [-0.2, -0.15) is 0 Å². The molecule has 0 aromatic heterocycles. The molecule has 0 saturated carbocycles. The molecule has 0 radical (unpaired) electrons. The van der Waals surface area contributed by atoms with Gasteiger partial charge in [-0.1, -0.05) is 35.0 Å². The average molecular weight is 286 g/mol. The Morgan fingerprint density at radius 2 is 2.00 bits per heavy atom. The van der Waals surface area contributed by atoms with E-state index in [-0.39, 0.29) is 0 Å². The van der Waals surface area contributed by atoms with E-state index in [2.05, 4.69) is 52.4 Å². The van der Waals surface area contributed by atoms with Crippen molar-refractivity contribution in [1.82, 2.24) is 5.32 Å². The van der Waals surface area contributed by atoms with E-state index in [9.17, 15) is 0 Å². The molecule has 3 heteroatoms. The molecular weight excluding hydrogens is 266 g/mol. The van der Waals surface area contributed by atoms with Crippen LogP contribution in [0.15, 0.2) is 28.7 Å². The van der Waals surface area contributed by atoms with Gasteiger partial charge in [0.2, 0.25) is 0 Å². The Labute approximate surface area is 106 Å². The number of aliphatic hydroxyl groups is 1. The Hall–Kier alpha value is -0.380. The summed E-state index contributed by atoms with van der Waals surface area (Å²) in [7, 11) is 0. The SMILES string of the molecule is CC(CO)CCCNCc1ccc(Br)cc1. The zero-order chi connectivity index (χ0) is 11.8. The van der Waals surface area contributed by atoms with Gasteiger partial charge in [-0.05, 0) is 43.0 Å². The van der Waals surface area contributed by atoms with Crippen LogP contribution < -0.4 is 5.32 Å². The lowest BCUT2D eigenvalue weighted by molar-refractivity contribution is 0.228. The first-order valence-electron chi connectivity index (χ1n) is 5.78. The summed E-state index contributed by atoms with van der Waals surface area (Å²) in [6.45, 7) is 4.31.